The topological polar surface area (TPSA) is 76.7 Å². The number of rotatable bonds is 7. The number of hydrogen-bond acceptors (Lipinski definition) is 5. The van der Waals surface area contributed by atoms with Crippen LogP contribution >= 0.6 is 0 Å². The standard InChI is InChI=1S/C24H32N6O2/c31-24(25-9-11-28-12-14-32-15-13-28)22-21-8-4-5-10-30(21)23(27-22)20-17-29(18-26-20)16-19-6-2-1-3-7-19/h4-5,8,10,17-19H,1-3,6-7,9,11-16H2,(H,25,31). The summed E-state index contributed by atoms with van der Waals surface area (Å²) >= 11 is 0. The maximum atomic E-state index is 13.0. The van der Waals surface area contributed by atoms with Gasteiger partial charge < -0.3 is 14.6 Å². The number of morpholine rings is 1. The van der Waals surface area contributed by atoms with Gasteiger partial charge in [-0.3, -0.25) is 14.1 Å². The van der Waals surface area contributed by atoms with Gasteiger partial charge in [-0.15, -0.1) is 0 Å². The van der Waals surface area contributed by atoms with E-state index in [1.165, 1.54) is 32.1 Å². The first kappa shape index (κ1) is 21.2. The van der Waals surface area contributed by atoms with Gasteiger partial charge in [0.2, 0.25) is 0 Å². The molecule has 0 radical (unpaired) electrons. The molecule has 170 valence electrons. The van der Waals surface area contributed by atoms with Crippen molar-refractivity contribution in [1.29, 1.82) is 0 Å². The minimum atomic E-state index is -0.144. The van der Waals surface area contributed by atoms with E-state index in [1.807, 2.05) is 35.1 Å². The van der Waals surface area contributed by atoms with Gasteiger partial charge in [0.05, 0.1) is 25.1 Å². The van der Waals surface area contributed by atoms with Crippen molar-refractivity contribution in [2.75, 3.05) is 39.4 Å². The Labute approximate surface area is 188 Å². The average molecular weight is 437 g/mol. The first-order valence-electron chi connectivity index (χ1n) is 11.9. The summed E-state index contributed by atoms with van der Waals surface area (Å²) in [7, 11) is 0. The van der Waals surface area contributed by atoms with Crippen molar-refractivity contribution in [2.45, 2.75) is 38.6 Å². The van der Waals surface area contributed by atoms with Crippen molar-refractivity contribution in [3.05, 3.63) is 42.6 Å². The van der Waals surface area contributed by atoms with Crippen LogP contribution in [0.1, 0.15) is 42.6 Å². The molecule has 2 aliphatic rings. The molecule has 1 aliphatic carbocycles. The van der Waals surface area contributed by atoms with Crippen LogP contribution in [0.3, 0.4) is 0 Å². The molecule has 1 N–H and O–H groups in total. The zero-order valence-electron chi connectivity index (χ0n) is 18.6. The molecule has 1 saturated carbocycles. The Morgan fingerprint density at radius 1 is 1.16 bits per heavy atom. The minimum absolute atomic E-state index is 0.144. The zero-order valence-corrected chi connectivity index (χ0v) is 18.6. The third-order valence-electron chi connectivity index (χ3n) is 6.64. The molecule has 3 aromatic rings. The molecule has 5 rings (SSSR count). The Hall–Kier alpha value is -2.71. The lowest BCUT2D eigenvalue weighted by molar-refractivity contribution is 0.0383. The van der Waals surface area contributed by atoms with Gasteiger partial charge in [0, 0.05) is 45.1 Å². The van der Waals surface area contributed by atoms with Crippen LogP contribution in [-0.2, 0) is 11.3 Å². The number of ether oxygens (including phenoxy) is 1. The molecule has 8 nitrogen and oxygen atoms in total. The van der Waals surface area contributed by atoms with Gasteiger partial charge in [-0.2, -0.15) is 0 Å². The van der Waals surface area contributed by atoms with Gasteiger partial charge >= 0.3 is 0 Å². The molecule has 2 fully saturated rings. The molecule has 0 unspecified atom stereocenters. The summed E-state index contributed by atoms with van der Waals surface area (Å²) in [6, 6.07) is 5.83. The lowest BCUT2D eigenvalue weighted by atomic mass is 9.89. The lowest BCUT2D eigenvalue weighted by Crippen LogP contribution is -2.41. The zero-order chi connectivity index (χ0) is 21.8. The number of nitrogens with zero attached hydrogens (tertiary/aromatic N) is 5. The van der Waals surface area contributed by atoms with E-state index >= 15 is 0 Å². The van der Waals surface area contributed by atoms with Gasteiger partial charge in [0.25, 0.3) is 5.91 Å². The van der Waals surface area contributed by atoms with Crippen LogP contribution in [0.4, 0.5) is 0 Å². The Balaban J connectivity index is 1.30. The highest BCUT2D eigenvalue weighted by molar-refractivity contribution is 5.99. The summed E-state index contributed by atoms with van der Waals surface area (Å²) in [5.74, 6) is 1.30. The monoisotopic (exact) mass is 436 g/mol. The lowest BCUT2D eigenvalue weighted by Gasteiger charge is -2.26. The third-order valence-corrected chi connectivity index (χ3v) is 6.64. The fraction of sp³-hybridized carbons (Fsp3) is 0.542. The molecule has 0 aromatic carbocycles. The average Bonchev–Trinajstić information content (AvgIpc) is 3.45. The van der Waals surface area contributed by atoms with Crippen LogP contribution in [0.15, 0.2) is 36.9 Å². The number of fused-ring (bicyclic) bond motifs is 1. The van der Waals surface area contributed by atoms with Gasteiger partial charge in [-0.25, -0.2) is 9.97 Å². The molecule has 0 spiro atoms. The number of amides is 1. The summed E-state index contributed by atoms with van der Waals surface area (Å²) in [5, 5.41) is 3.04. The van der Waals surface area contributed by atoms with Crippen LogP contribution in [0, 0.1) is 5.92 Å². The molecule has 0 bridgehead atoms. The molecule has 1 aliphatic heterocycles. The number of carbonyl (C=O) groups is 1. The molecule has 8 heteroatoms. The van der Waals surface area contributed by atoms with Crippen LogP contribution < -0.4 is 5.32 Å². The predicted molar refractivity (Wildman–Crippen MR) is 123 cm³/mol. The van der Waals surface area contributed by atoms with E-state index in [-0.39, 0.29) is 5.91 Å². The largest absolute Gasteiger partial charge is 0.379 e. The van der Waals surface area contributed by atoms with Crippen LogP contribution in [0.2, 0.25) is 0 Å². The van der Waals surface area contributed by atoms with Crippen molar-refractivity contribution in [3.63, 3.8) is 0 Å². The van der Waals surface area contributed by atoms with Gasteiger partial charge in [0.1, 0.15) is 5.69 Å². The normalized spacial score (nSPS) is 18.2. The first-order valence-corrected chi connectivity index (χ1v) is 11.9. The SMILES string of the molecule is O=C(NCCN1CCOCC1)c1nc(-c2cn(CC3CCCCC3)cn2)n2ccccc12. The Kier molecular flexibility index (Phi) is 6.50. The maximum Gasteiger partial charge on any atom is 0.272 e. The molecule has 4 heterocycles. The number of carbonyl (C=O) groups excluding carboxylic acids is 1. The third kappa shape index (κ3) is 4.71. The van der Waals surface area contributed by atoms with E-state index in [0.29, 0.717) is 18.1 Å². The first-order chi connectivity index (χ1) is 15.8. The number of imidazole rings is 2. The molecular formula is C24H32N6O2. The second-order valence-electron chi connectivity index (χ2n) is 8.91. The van der Waals surface area contributed by atoms with E-state index in [1.54, 1.807) is 0 Å². The molecule has 32 heavy (non-hydrogen) atoms. The molecule has 3 aromatic heterocycles. The van der Waals surface area contributed by atoms with Gasteiger partial charge in [-0.05, 0) is 30.9 Å². The smallest absolute Gasteiger partial charge is 0.272 e. The minimum Gasteiger partial charge on any atom is -0.379 e. The van der Waals surface area contributed by atoms with Crippen molar-refractivity contribution < 1.29 is 9.53 Å². The molecule has 1 amide bonds. The Morgan fingerprint density at radius 3 is 2.84 bits per heavy atom. The number of pyridine rings is 1. The van der Waals surface area contributed by atoms with Crippen molar-refractivity contribution >= 4 is 11.4 Å². The predicted octanol–water partition coefficient (Wildman–Crippen LogP) is 2.84. The summed E-state index contributed by atoms with van der Waals surface area (Å²) < 4.78 is 9.52. The van der Waals surface area contributed by atoms with Gasteiger partial charge in [0.15, 0.2) is 11.5 Å². The van der Waals surface area contributed by atoms with Crippen molar-refractivity contribution in [3.8, 4) is 11.5 Å². The Bertz CT molecular complexity index is 1050. The summed E-state index contributed by atoms with van der Waals surface area (Å²) in [5.41, 5.74) is 2.05. The highest BCUT2D eigenvalue weighted by Gasteiger charge is 2.21. The van der Waals surface area contributed by atoms with E-state index in [2.05, 4.69) is 26.0 Å². The highest BCUT2D eigenvalue weighted by Crippen LogP contribution is 2.26. The number of nitrogens with one attached hydrogen (secondary N) is 1. The van der Waals surface area contributed by atoms with E-state index in [9.17, 15) is 4.79 Å². The second-order valence-corrected chi connectivity index (χ2v) is 8.91. The van der Waals surface area contributed by atoms with Crippen LogP contribution in [-0.4, -0.2) is 69.1 Å². The molecular weight excluding hydrogens is 404 g/mol. The fourth-order valence-electron chi connectivity index (χ4n) is 4.86. The van der Waals surface area contributed by atoms with E-state index in [0.717, 1.165) is 56.5 Å². The van der Waals surface area contributed by atoms with Crippen molar-refractivity contribution in [1.82, 2.24) is 29.2 Å². The van der Waals surface area contributed by atoms with Crippen LogP contribution in [0.25, 0.3) is 17.0 Å². The van der Waals surface area contributed by atoms with E-state index in [4.69, 9.17) is 9.72 Å². The van der Waals surface area contributed by atoms with Gasteiger partial charge in [-0.1, -0.05) is 25.3 Å². The maximum absolute atomic E-state index is 13.0. The summed E-state index contributed by atoms with van der Waals surface area (Å²) in [4.78, 5) is 24.6. The number of hydrogen-bond donors (Lipinski definition) is 1. The summed E-state index contributed by atoms with van der Waals surface area (Å²) in [6.07, 6.45) is 12.5. The highest BCUT2D eigenvalue weighted by atomic mass is 16.5. The number of aromatic nitrogens is 4. The fourth-order valence-corrected chi connectivity index (χ4v) is 4.86. The molecule has 1 saturated heterocycles. The van der Waals surface area contributed by atoms with Crippen molar-refractivity contribution in [2.24, 2.45) is 5.92 Å². The summed E-state index contributed by atoms with van der Waals surface area (Å²) in [6.45, 7) is 5.77. The second kappa shape index (κ2) is 9.83. The molecule has 0 atom stereocenters. The van der Waals surface area contributed by atoms with Crippen LogP contribution in [0.5, 0.6) is 0 Å². The quantitative estimate of drug-likeness (QED) is 0.616. The van der Waals surface area contributed by atoms with E-state index < -0.39 is 0 Å². The Morgan fingerprint density at radius 2 is 2.00 bits per heavy atom.